The summed E-state index contributed by atoms with van der Waals surface area (Å²) in [5.74, 6) is 0.134. The third kappa shape index (κ3) is 4.04. The standard InChI is InChI=1S/C15H26N2O5S/c1-21-9-4-14(18)17-7-5-15(6-8-17)10-12(22-15)11-16-23(19,20)13-2-3-13/h12-13,16H,2-11H2,1H3/t12-/m1/s1. The van der Waals surface area contributed by atoms with Crippen LogP contribution in [0.1, 0.15) is 38.5 Å². The summed E-state index contributed by atoms with van der Waals surface area (Å²) in [7, 11) is -1.53. The van der Waals surface area contributed by atoms with Crippen LogP contribution in [-0.4, -0.2) is 69.5 Å². The van der Waals surface area contributed by atoms with Crippen LogP contribution in [0, 0.1) is 0 Å². The summed E-state index contributed by atoms with van der Waals surface area (Å²) in [5, 5.41) is -0.183. The van der Waals surface area contributed by atoms with Crippen molar-refractivity contribution in [3.63, 3.8) is 0 Å². The zero-order valence-electron chi connectivity index (χ0n) is 13.6. The largest absolute Gasteiger partial charge is 0.384 e. The van der Waals surface area contributed by atoms with Crippen LogP contribution in [-0.2, 0) is 24.3 Å². The molecule has 1 aliphatic carbocycles. The topological polar surface area (TPSA) is 84.9 Å². The Morgan fingerprint density at radius 1 is 1.35 bits per heavy atom. The maximum absolute atomic E-state index is 11.9. The number of methoxy groups -OCH3 is 1. The number of carbonyl (C=O) groups is 1. The van der Waals surface area contributed by atoms with E-state index in [2.05, 4.69) is 4.72 Å². The monoisotopic (exact) mass is 346 g/mol. The van der Waals surface area contributed by atoms with Crippen molar-refractivity contribution in [1.82, 2.24) is 9.62 Å². The number of amides is 1. The van der Waals surface area contributed by atoms with E-state index in [1.165, 1.54) is 0 Å². The molecular weight excluding hydrogens is 320 g/mol. The summed E-state index contributed by atoms with van der Waals surface area (Å²) in [6.07, 6.45) is 4.49. The van der Waals surface area contributed by atoms with Gasteiger partial charge in [-0.05, 0) is 25.7 Å². The molecule has 2 saturated heterocycles. The van der Waals surface area contributed by atoms with Gasteiger partial charge in [0.05, 0.1) is 30.0 Å². The highest BCUT2D eigenvalue weighted by Gasteiger charge is 2.48. The van der Waals surface area contributed by atoms with Crippen LogP contribution >= 0.6 is 0 Å². The number of carbonyl (C=O) groups excluding carboxylic acids is 1. The van der Waals surface area contributed by atoms with E-state index in [4.69, 9.17) is 9.47 Å². The van der Waals surface area contributed by atoms with Crippen LogP contribution in [0.15, 0.2) is 0 Å². The van der Waals surface area contributed by atoms with Gasteiger partial charge in [0.25, 0.3) is 0 Å². The van der Waals surface area contributed by atoms with E-state index in [0.717, 1.165) is 32.1 Å². The molecule has 0 bridgehead atoms. The molecule has 1 N–H and O–H groups in total. The molecule has 0 radical (unpaired) electrons. The van der Waals surface area contributed by atoms with Gasteiger partial charge in [-0.15, -0.1) is 0 Å². The van der Waals surface area contributed by atoms with Crippen LogP contribution < -0.4 is 4.72 Å². The Kier molecular flexibility index (Phi) is 4.96. The van der Waals surface area contributed by atoms with Crippen LogP contribution in [0.2, 0.25) is 0 Å². The third-order valence-corrected chi connectivity index (χ3v) is 6.96. The fraction of sp³-hybridized carbons (Fsp3) is 0.933. The number of rotatable bonds is 7. The summed E-state index contributed by atoms with van der Waals surface area (Å²) in [6, 6.07) is 0. The highest BCUT2D eigenvalue weighted by atomic mass is 32.2. The minimum atomic E-state index is -3.12. The molecule has 1 amide bonds. The van der Waals surface area contributed by atoms with E-state index in [9.17, 15) is 13.2 Å². The number of hydrogen-bond acceptors (Lipinski definition) is 5. The molecule has 7 nitrogen and oxygen atoms in total. The van der Waals surface area contributed by atoms with Gasteiger partial charge in [0.1, 0.15) is 0 Å². The molecule has 2 aliphatic heterocycles. The normalized spacial score (nSPS) is 27.0. The second-order valence-corrected chi connectivity index (χ2v) is 8.89. The first-order valence-corrected chi connectivity index (χ1v) is 9.92. The zero-order chi connectivity index (χ0) is 16.5. The number of ether oxygens (including phenoxy) is 2. The Labute approximate surface area is 137 Å². The molecule has 3 rings (SSSR count). The second kappa shape index (κ2) is 6.66. The van der Waals surface area contributed by atoms with Crippen LogP contribution in [0.25, 0.3) is 0 Å². The minimum absolute atomic E-state index is 0.0285. The summed E-state index contributed by atoms with van der Waals surface area (Å²) >= 11 is 0. The van der Waals surface area contributed by atoms with E-state index in [0.29, 0.717) is 32.7 Å². The molecule has 3 fully saturated rings. The van der Waals surface area contributed by atoms with E-state index in [1.807, 2.05) is 4.90 Å². The molecule has 0 unspecified atom stereocenters. The number of sulfonamides is 1. The molecular formula is C15H26N2O5S. The molecule has 2 heterocycles. The summed E-state index contributed by atoms with van der Waals surface area (Å²) < 4.78 is 37.2. The number of piperidine rings is 1. The van der Waals surface area contributed by atoms with E-state index < -0.39 is 10.0 Å². The van der Waals surface area contributed by atoms with Crippen molar-refractivity contribution in [2.24, 2.45) is 0 Å². The average Bonchev–Trinajstić information content (AvgIpc) is 3.34. The van der Waals surface area contributed by atoms with Gasteiger partial charge in [0.15, 0.2) is 0 Å². The second-order valence-electron chi connectivity index (χ2n) is 6.84. The number of nitrogens with one attached hydrogen (secondary N) is 1. The molecule has 8 heteroatoms. The molecule has 3 aliphatic rings. The Morgan fingerprint density at radius 3 is 2.57 bits per heavy atom. The zero-order valence-corrected chi connectivity index (χ0v) is 14.4. The smallest absolute Gasteiger partial charge is 0.224 e. The summed E-state index contributed by atoms with van der Waals surface area (Å²) in [6.45, 7) is 2.25. The van der Waals surface area contributed by atoms with Crippen molar-refractivity contribution in [2.45, 2.75) is 55.5 Å². The lowest BCUT2D eigenvalue weighted by atomic mass is 9.80. The number of hydrogen-bond donors (Lipinski definition) is 1. The van der Waals surface area contributed by atoms with Gasteiger partial charge in [-0.1, -0.05) is 0 Å². The van der Waals surface area contributed by atoms with Crippen molar-refractivity contribution < 1.29 is 22.7 Å². The van der Waals surface area contributed by atoms with Gasteiger partial charge >= 0.3 is 0 Å². The van der Waals surface area contributed by atoms with Crippen molar-refractivity contribution in [3.05, 3.63) is 0 Å². The Morgan fingerprint density at radius 2 is 2.00 bits per heavy atom. The fourth-order valence-electron chi connectivity index (χ4n) is 3.41. The van der Waals surface area contributed by atoms with Crippen molar-refractivity contribution in [3.8, 4) is 0 Å². The van der Waals surface area contributed by atoms with Crippen molar-refractivity contribution >= 4 is 15.9 Å². The lowest BCUT2D eigenvalue weighted by Gasteiger charge is -2.52. The number of nitrogens with zero attached hydrogens (tertiary/aromatic N) is 1. The lowest BCUT2D eigenvalue weighted by molar-refractivity contribution is -0.221. The first-order valence-electron chi connectivity index (χ1n) is 8.37. The first kappa shape index (κ1) is 17.1. The summed E-state index contributed by atoms with van der Waals surface area (Å²) in [5.41, 5.74) is -0.145. The van der Waals surface area contributed by atoms with Gasteiger partial charge in [0.2, 0.25) is 15.9 Å². The SMILES string of the molecule is COCCC(=O)N1CCC2(CC1)C[C@H](CNS(=O)(=O)C1CC1)O2. The molecule has 132 valence electrons. The van der Waals surface area contributed by atoms with E-state index in [-0.39, 0.29) is 22.9 Å². The van der Waals surface area contributed by atoms with Gasteiger partial charge in [-0.3, -0.25) is 4.79 Å². The van der Waals surface area contributed by atoms with Gasteiger partial charge in [0, 0.05) is 33.2 Å². The highest BCUT2D eigenvalue weighted by Crippen LogP contribution is 2.41. The molecule has 0 aromatic carbocycles. The maximum atomic E-state index is 11.9. The molecule has 1 spiro atoms. The molecule has 0 aromatic heterocycles. The molecule has 1 saturated carbocycles. The predicted molar refractivity (Wildman–Crippen MR) is 84.5 cm³/mol. The van der Waals surface area contributed by atoms with Gasteiger partial charge in [-0.25, -0.2) is 13.1 Å². The van der Waals surface area contributed by atoms with E-state index in [1.54, 1.807) is 7.11 Å². The van der Waals surface area contributed by atoms with Crippen molar-refractivity contribution in [1.29, 1.82) is 0 Å². The quantitative estimate of drug-likeness (QED) is 0.714. The predicted octanol–water partition coefficient (Wildman–Crippen LogP) is 0.255. The molecule has 23 heavy (non-hydrogen) atoms. The lowest BCUT2D eigenvalue weighted by Crippen LogP contribution is -2.59. The average molecular weight is 346 g/mol. The summed E-state index contributed by atoms with van der Waals surface area (Å²) in [4.78, 5) is 13.8. The Balaban J connectivity index is 1.37. The fourth-order valence-corrected chi connectivity index (χ4v) is 4.82. The van der Waals surface area contributed by atoms with Gasteiger partial charge in [-0.2, -0.15) is 0 Å². The molecule has 1 atom stereocenters. The number of likely N-dealkylation sites (tertiary alicyclic amines) is 1. The Bertz CT molecular complexity index is 530. The van der Waals surface area contributed by atoms with E-state index >= 15 is 0 Å². The van der Waals surface area contributed by atoms with Crippen LogP contribution in [0.5, 0.6) is 0 Å². The van der Waals surface area contributed by atoms with Gasteiger partial charge < -0.3 is 14.4 Å². The maximum Gasteiger partial charge on any atom is 0.224 e. The minimum Gasteiger partial charge on any atom is -0.384 e. The Hall–Kier alpha value is -0.700. The molecule has 0 aromatic rings. The van der Waals surface area contributed by atoms with Crippen molar-refractivity contribution in [2.75, 3.05) is 33.4 Å². The third-order valence-electron chi connectivity index (χ3n) is 5.04. The highest BCUT2D eigenvalue weighted by molar-refractivity contribution is 7.90. The van der Waals surface area contributed by atoms with Crippen LogP contribution in [0.4, 0.5) is 0 Å². The first-order chi connectivity index (χ1) is 10.9. The van der Waals surface area contributed by atoms with Crippen LogP contribution in [0.3, 0.4) is 0 Å².